The first-order valence-electron chi connectivity index (χ1n) is 7.75. The van der Waals surface area contributed by atoms with Gasteiger partial charge in [-0.3, -0.25) is 10.1 Å². The third-order valence-electron chi connectivity index (χ3n) is 3.55. The minimum absolute atomic E-state index is 0.00641. The van der Waals surface area contributed by atoms with Crippen LogP contribution >= 0.6 is 11.8 Å². The van der Waals surface area contributed by atoms with Gasteiger partial charge in [-0.05, 0) is 5.56 Å². The van der Waals surface area contributed by atoms with E-state index in [0.29, 0.717) is 10.9 Å². The molecule has 0 aliphatic heterocycles. The van der Waals surface area contributed by atoms with Gasteiger partial charge in [0, 0.05) is 17.4 Å². The molecule has 0 bridgehead atoms. The van der Waals surface area contributed by atoms with Crippen LogP contribution in [-0.4, -0.2) is 38.2 Å². The highest BCUT2D eigenvalue weighted by Gasteiger charge is 2.16. The van der Waals surface area contributed by atoms with Gasteiger partial charge >= 0.3 is 0 Å². The predicted octanol–water partition coefficient (Wildman–Crippen LogP) is 3.08. The van der Waals surface area contributed by atoms with Crippen molar-refractivity contribution >= 4 is 23.7 Å². The highest BCUT2D eigenvalue weighted by Crippen LogP contribution is 2.33. The Balaban J connectivity index is 1.82. The summed E-state index contributed by atoms with van der Waals surface area (Å²) in [5.41, 5.74) is 1.06. The Labute approximate surface area is 158 Å². The van der Waals surface area contributed by atoms with Gasteiger partial charge in [-0.2, -0.15) is 9.78 Å². The van der Waals surface area contributed by atoms with Gasteiger partial charge in [0.05, 0.1) is 24.3 Å². The van der Waals surface area contributed by atoms with E-state index in [1.54, 1.807) is 0 Å². The van der Waals surface area contributed by atoms with Crippen molar-refractivity contribution in [3.63, 3.8) is 0 Å². The molecule has 0 spiro atoms. The fourth-order valence-electron chi connectivity index (χ4n) is 2.21. The highest BCUT2D eigenvalue weighted by atomic mass is 32.2. The van der Waals surface area contributed by atoms with Gasteiger partial charge in [0.25, 0.3) is 5.69 Å². The van der Waals surface area contributed by atoms with E-state index in [1.165, 1.54) is 42.2 Å². The number of hydrogen-bond donors (Lipinski definition) is 1. The van der Waals surface area contributed by atoms with Crippen molar-refractivity contribution in [2.45, 2.75) is 10.9 Å². The number of thioether (sulfide) groups is 1. The van der Waals surface area contributed by atoms with Crippen molar-refractivity contribution in [1.29, 1.82) is 0 Å². The number of nitro benzene ring substituents is 1. The molecule has 0 amide bonds. The topological polar surface area (TPSA) is 116 Å². The number of aromatic nitrogens is 3. The van der Waals surface area contributed by atoms with Gasteiger partial charge in [-0.15, -0.1) is 10.2 Å². The maximum Gasteiger partial charge on any atom is 0.274 e. The molecule has 10 heteroatoms. The van der Waals surface area contributed by atoms with E-state index in [4.69, 9.17) is 4.74 Å². The standard InChI is InChI=1S/C17H15N5O4S/c1-26-15-8-14(22(24)25)7-13(16(15)23)9-19-21-11-18-20-17(21)27-10-12-5-3-2-4-6-12/h2-9,11,23H,10H2,1H3/b19-9-. The zero-order valence-corrected chi connectivity index (χ0v) is 15.0. The lowest BCUT2D eigenvalue weighted by Crippen LogP contribution is -1.96. The van der Waals surface area contributed by atoms with Crippen LogP contribution in [0.25, 0.3) is 0 Å². The smallest absolute Gasteiger partial charge is 0.274 e. The van der Waals surface area contributed by atoms with Gasteiger partial charge in [0.2, 0.25) is 5.16 Å². The third kappa shape index (κ3) is 4.42. The monoisotopic (exact) mass is 385 g/mol. The summed E-state index contributed by atoms with van der Waals surface area (Å²) in [6, 6.07) is 12.2. The van der Waals surface area contributed by atoms with Crippen LogP contribution in [0, 0.1) is 10.1 Å². The van der Waals surface area contributed by atoms with Gasteiger partial charge in [0.15, 0.2) is 11.5 Å². The molecule has 1 aromatic heterocycles. The molecular formula is C17H15N5O4S. The van der Waals surface area contributed by atoms with Crippen LogP contribution in [-0.2, 0) is 5.75 Å². The van der Waals surface area contributed by atoms with Crippen LogP contribution in [0.15, 0.2) is 59.0 Å². The SMILES string of the molecule is COc1cc([N+](=O)[O-])cc(/C=N\n2cnnc2SCc2ccccc2)c1O. The minimum atomic E-state index is -0.570. The molecule has 0 saturated heterocycles. The summed E-state index contributed by atoms with van der Waals surface area (Å²) in [6.45, 7) is 0. The number of rotatable bonds is 7. The maximum absolute atomic E-state index is 11.0. The molecule has 0 saturated carbocycles. The molecule has 27 heavy (non-hydrogen) atoms. The van der Waals surface area contributed by atoms with Crippen molar-refractivity contribution < 1.29 is 14.8 Å². The van der Waals surface area contributed by atoms with E-state index >= 15 is 0 Å². The van der Waals surface area contributed by atoms with E-state index in [1.807, 2.05) is 30.3 Å². The molecule has 0 fully saturated rings. The number of benzene rings is 2. The van der Waals surface area contributed by atoms with Gasteiger partial charge in [-0.1, -0.05) is 42.1 Å². The van der Waals surface area contributed by atoms with Crippen LogP contribution in [0.2, 0.25) is 0 Å². The fourth-order valence-corrected chi connectivity index (χ4v) is 3.03. The van der Waals surface area contributed by atoms with E-state index < -0.39 is 4.92 Å². The van der Waals surface area contributed by atoms with Gasteiger partial charge in [0.1, 0.15) is 6.33 Å². The summed E-state index contributed by atoms with van der Waals surface area (Å²) in [5, 5.41) is 33.8. The molecule has 2 aromatic carbocycles. The Morgan fingerprint density at radius 2 is 2.15 bits per heavy atom. The van der Waals surface area contributed by atoms with Crippen molar-refractivity contribution in [1.82, 2.24) is 14.9 Å². The van der Waals surface area contributed by atoms with Crippen molar-refractivity contribution in [2.75, 3.05) is 7.11 Å². The summed E-state index contributed by atoms with van der Waals surface area (Å²) in [5.74, 6) is 0.441. The zero-order valence-electron chi connectivity index (χ0n) is 14.2. The van der Waals surface area contributed by atoms with Crippen molar-refractivity contribution in [3.8, 4) is 11.5 Å². The Morgan fingerprint density at radius 1 is 1.37 bits per heavy atom. The number of nitro groups is 1. The predicted molar refractivity (Wildman–Crippen MR) is 100 cm³/mol. The summed E-state index contributed by atoms with van der Waals surface area (Å²) in [7, 11) is 1.32. The van der Waals surface area contributed by atoms with Crippen molar-refractivity contribution in [3.05, 3.63) is 70.0 Å². The molecular weight excluding hydrogens is 370 g/mol. The maximum atomic E-state index is 11.0. The summed E-state index contributed by atoms with van der Waals surface area (Å²) < 4.78 is 6.40. The second-order valence-corrected chi connectivity index (χ2v) is 6.26. The van der Waals surface area contributed by atoms with Crippen LogP contribution in [0.4, 0.5) is 5.69 Å². The second-order valence-electron chi connectivity index (χ2n) is 5.32. The summed E-state index contributed by atoms with van der Waals surface area (Å²) in [4.78, 5) is 10.5. The molecule has 1 N–H and O–H groups in total. The Kier molecular flexibility index (Phi) is 5.67. The van der Waals surface area contributed by atoms with Crippen LogP contribution in [0.3, 0.4) is 0 Å². The van der Waals surface area contributed by atoms with Gasteiger partial charge < -0.3 is 9.84 Å². The van der Waals surface area contributed by atoms with Crippen molar-refractivity contribution in [2.24, 2.45) is 5.10 Å². The zero-order chi connectivity index (χ0) is 19.2. The lowest BCUT2D eigenvalue weighted by molar-refractivity contribution is -0.385. The molecule has 3 aromatic rings. The Hall–Kier alpha value is -3.40. The first-order valence-corrected chi connectivity index (χ1v) is 8.73. The average molecular weight is 385 g/mol. The van der Waals surface area contributed by atoms with E-state index in [0.717, 1.165) is 11.6 Å². The van der Waals surface area contributed by atoms with E-state index in [-0.39, 0.29) is 22.7 Å². The van der Waals surface area contributed by atoms with E-state index in [2.05, 4.69) is 15.3 Å². The number of ether oxygens (including phenoxy) is 1. The molecule has 1 heterocycles. The lowest BCUT2D eigenvalue weighted by atomic mass is 10.2. The quantitative estimate of drug-likeness (QED) is 0.287. The molecule has 0 aliphatic carbocycles. The average Bonchev–Trinajstić information content (AvgIpc) is 3.13. The molecule has 138 valence electrons. The first kappa shape index (κ1) is 18.4. The number of non-ortho nitro benzene ring substituents is 1. The van der Waals surface area contributed by atoms with E-state index in [9.17, 15) is 15.2 Å². The second kappa shape index (κ2) is 8.32. The number of methoxy groups -OCH3 is 1. The molecule has 0 unspecified atom stereocenters. The number of phenols is 1. The number of hydrogen-bond acceptors (Lipinski definition) is 8. The normalized spacial score (nSPS) is 11.0. The summed E-state index contributed by atoms with van der Waals surface area (Å²) >= 11 is 1.44. The minimum Gasteiger partial charge on any atom is -0.504 e. The first-order chi connectivity index (χ1) is 13.1. The number of nitrogens with zero attached hydrogens (tertiary/aromatic N) is 5. The number of phenolic OH excluding ortho intramolecular Hbond substituents is 1. The molecule has 0 radical (unpaired) electrons. The highest BCUT2D eigenvalue weighted by molar-refractivity contribution is 7.98. The molecule has 0 aliphatic rings. The lowest BCUT2D eigenvalue weighted by Gasteiger charge is -2.06. The Morgan fingerprint density at radius 3 is 2.85 bits per heavy atom. The van der Waals surface area contributed by atoms with Crippen LogP contribution in [0.1, 0.15) is 11.1 Å². The fraction of sp³-hybridized carbons (Fsp3) is 0.118. The van der Waals surface area contributed by atoms with Crippen LogP contribution < -0.4 is 4.74 Å². The molecule has 3 rings (SSSR count). The molecule has 9 nitrogen and oxygen atoms in total. The molecule has 0 atom stereocenters. The van der Waals surface area contributed by atoms with Crippen LogP contribution in [0.5, 0.6) is 11.5 Å². The number of aromatic hydroxyl groups is 1. The third-order valence-corrected chi connectivity index (χ3v) is 4.56. The summed E-state index contributed by atoms with van der Waals surface area (Å²) in [6.07, 6.45) is 2.70. The van der Waals surface area contributed by atoms with Gasteiger partial charge in [-0.25, -0.2) is 0 Å². The largest absolute Gasteiger partial charge is 0.504 e. The Bertz CT molecular complexity index is 975.